The summed E-state index contributed by atoms with van der Waals surface area (Å²) < 4.78 is 10.3. The predicted molar refractivity (Wildman–Crippen MR) is 618 cm³/mol. The first-order chi connectivity index (χ1) is 73.3. The molecule has 0 aliphatic carbocycles. The van der Waals surface area contributed by atoms with Gasteiger partial charge in [-0.2, -0.15) is 0 Å². The summed E-state index contributed by atoms with van der Waals surface area (Å²) in [7, 11) is 0. The Balaban J connectivity index is 0.000000103. The van der Waals surface area contributed by atoms with Gasteiger partial charge in [-0.25, -0.2) is 39.9 Å². The zero-order valence-corrected chi connectivity index (χ0v) is 82.8. The average molecular weight is 1970 g/mol. The lowest BCUT2D eigenvalue weighted by Crippen LogP contribution is -1.97. The SMILES string of the molecule is c1ccc(-c2cc(-c3ccc4sc5ccccc5c4c3)nc(-c3ccc(-c4ccncc4)cc3)n2)cc1.c1ccc(-c2cc(-c3ccc4sc5ccccc5c4c3)nc(-c3cccc(-c4cccnc4)c3)n2)cc1.c1ccc(-c2cc(-c3ccc4sc5ccccc5c4c3)nc(-c3cccc(-c4ccncc4)c3)n2)cc1.c1ccc(-c2cc(-c3ccc4sc5ccccc5c4c3)nc(-c3ccccc3-c3cccnc3)n2)cc1. The molecule has 12 aromatic heterocycles. The lowest BCUT2D eigenvalue weighted by atomic mass is 9.99. The minimum Gasteiger partial charge on any atom is -0.265 e. The average Bonchev–Trinajstić information content (AvgIpc) is 1.62. The zero-order valence-electron chi connectivity index (χ0n) is 79.5. The summed E-state index contributed by atoms with van der Waals surface area (Å²) in [4.78, 5) is 57.3. The number of fused-ring (bicyclic) bond motifs is 12. The van der Waals surface area contributed by atoms with Crippen LogP contribution in [0, 0.1) is 0 Å². The molecule has 0 radical (unpaired) electrons. The molecule has 148 heavy (non-hydrogen) atoms. The van der Waals surface area contributed by atoms with Gasteiger partial charge >= 0.3 is 0 Å². The molecule has 0 aliphatic heterocycles. The number of hydrogen-bond donors (Lipinski definition) is 0. The molecule has 0 saturated heterocycles. The van der Waals surface area contributed by atoms with E-state index in [2.05, 4.69) is 360 Å². The van der Waals surface area contributed by atoms with Crippen LogP contribution in [-0.2, 0) is 0 Å². The Morgan fingerprint density at radius 1 is 0.122 bits per heavy atom. The highest BCUT2D eigenvalue weighted by Crippen LogP contribution is 2.45. The molecule has 0 atom stereocenters. The molecule has 12 heterocycles. The summed E-state index contributed by atoms with van der Waals surface area (Å²) in [5.74, 6) is 2.83. The third kappa shape index (κ3) is 19.1. The molecule has 0 N–H and O–H groups in total. The molecule has 0 amide bonds. The molecule has 696 valence electrons. The van der Waals surface area contributed by atoms with Gasteiger partial charge in [0, 0.05) is 208 Å². The molecular formula is C132H84N12S4. The van der Waals surface area contributed by atoms with Crippen molar-refractivity contribution >= 4 is 126 Å². The second-order valence-electron chi connectivity index (χ2n) is 35.8. The van der Waals surface area contributed by atoms with Crippen LogP contribution in [0.15, 0.2) is 511 Å². The number of rotatable bonds is 16. The van der Waals surface area contributed by atoms with E-state index in [0.29, 0.717) is 23.3 Å². The van der Waals surface area contributed by atoms with Crippen molar-refractivity contribution in [3.8, 4) is 180 Å². The number of nitrogens with zero attached hydrogens (tertiary/aromatic N) is 12. The standard InChI is InChI=1S/4C33H21N3S/c1-2-8-22(9-3-1)29-20-30(24-15-16-32-28(19-24)27-13-4-5-14-31(27)37-32)36-33(35-29)25-11-6-10-23(18-25)26-12-7-17-34-21-26;1-2-9-22(10-3-1)29-20-30(23-16-17-32-28(19-23)26-13-6-7-15-31(26)37-32)36-33(35-29)27-14-5-4-12-25(27)24-11-8-18-34-21-24;1-2-7-23(8-3-1)29-21-30(25-13-14-32-28(20-25)27-11-4-5-12-31(27)37-32)36-33(35-29)26-10-6-9-24(19-26)22-15-17-34-18-16-22;1-2-6-24(7-3-1)29-21-30(26-14-15-32-28(20-26)27-8-4-5-9-31(27)37-32)36-33(35-29)25-12-10-22(11-13-25)23-16-18-34-19-17-23/h4*1-21H. The monoisotopic (exact) mass is 1960 g/mol. The number of pyridine rings is 4. The summed E-state index contributed by atoms with van der Waals surface area (Å²) in [6.45, 7) is 0. The fraction of sp³-hybridized carbons (Fsp3) is 0. The van der Waals surface area contributed by atoms with E-state index in [1.54, 1.807) is 12.4 Å². The summed E-state index contributed by atoms with van der Waals surface area (Å²) in [5.41, 5.74) is 28.6. The number of aromatic nitrogens is 12. The Hall–Kier alpha value is -18.7. The zero-order chi connectivity index (χ0) is 98.4. The highest BCUT2D eigenvalue weighted by atomic mass is 32.1. The van der Waals surface area contributed by atoms with Gasteiger partial charge in [-0.1, -0.05) is 315 Å². The Morgan fingerprint density at radius 3 is 0.723 bits per heavy atom. The van der Waals surface area contributed by atoms with E-state index < -0.39 is 0 Å². The van der Waals surface area contributed by atoms with Crippen LogP contribution in [0.5, 0.6) is 0 Å². The maximum absolute atomic E-state index is 5.13. The van der Waals surface area contributed by atoms with Gasteiger partial charge in [0.25, 0.3) is 0 Å². The van der Waals surface area contributed by atoms with Gasteiger partial charge in [0.2, 0.25) is 0 Å². The first-order valence-electron chi connectivity index (χ1n) is 48.8. The summed E-state index contributed by atoms with van der Waals surface area (Å²) in [5, 5.41) is 10.2. The number of benzene rings is 16. The topological polar surface area (TPSA) is 155 Å². The molecule has 28 rings (SSSR count). The van der Waals surface area contributed by atoms with Crippen LogP contribution in [0.1, 0.15) is 0 Å². The largest absolute Gasteiger partial charge is 0.265 e. The van der Waals surface area contributed by atoms with E-state index in [1.807, 2.05) is 204 Å². The van der Waals surface area contributed by atoms with E-state index in [0.717, 1.165) is 157 Å². The van der Waals surface area contributed by atoms with Gasteiger partial charge in [-0.3, -0.25) is 19.9 Å². The maximum Gasteiger partial charge on any atom is 0.161 e. The van der Waals surface area contributed by atoms with Gasteiger partial charge < -0.3 is 0 Å². The van der Waals surface area contributed by atoms with Gasteiger partial charge in [-0.15, -0.1) is 45.3 Å². The third-order valence-electron chi connectivity index (χ3n) is 26.4. The molecule has 0 spiro atoms. The Morgan fingerprint density at radius 2 is 0.372 bits per heavy atom. The predicted octanol–water partition coefficient (Wildman–Crippen LogP) is 35.6. The van der Waals surface area contributed by atoms with Crippen LogP contribution in [0.25, 0.3) is 261 Å². The van der Waals surface area contributed by atoms with Crippen molar-refractivity contribution in [3.05, 3.63) is 511 Å². The number of hydrogen-bond acceptors (Lipinski definition) is 16. The molecule has 16 heteroatoms. The summed E-state index contributed by atoms with van der Waals surface area (Å²) in [6, 6.07) is 160. The molecule has 0 aliphatic rings. The molecule has 0 saturated carbocycles. The quantitative estimate of drug-likeness (QED) is 0.0904. The summed E-state index contributed by atoms with van der Waals surface area (Å²) >= 11 is 7.31. The van der Waals surface area contributed by atoms with E-state index >= 15 is 0 Å². The highest BCUT2D eigenvalue weighted by molar-refractivity contribution is 7.27. The van der Waals surface area contributed by atoms with E-state index in [4.69, 9.17) is 39.9 Å². The van der Waals surface area contributed by atoms with Crippen molar-refractivity contribution in [2.24, 2.45) is 0 Å². The molecule has 28 aromatic rings. The fourth-order valence-corrected chi connectivity index (χ4v) is 23.4. The van der Waals surface area contributed by atoms with Gasteiger partial charge in [0.1, 0.15) is 0 Å². The first kappa shape index (κ1) is 90.6. The van der Waals surface area contributed by atoms with Gasteiger partial charge in [0.05, 0.1) is 45.6 Å². The van der Waals surface area contributed by atoms with E-state index in [1.165, 1.54) is 80.7 Å². The minimum atomic E-state index is 0.700. The van der Waals surface area contributed by atoms with Crippen molar-refractivity contribution in [2.75, 3.05) is 0 Å². The van der Waals surface area contributed by atoms with Gasteiger partial charge in [0.15, 0.2) is 23.3 Å². The van der Waals surface area contributed by atoms with Crippen LogP contribution >= 0.6 is 45.3 Å². The third-order valence-corrected chi connectivity index (χ3v) is 31.0. The molecule has 0 bridgehead atoms. The van der Waals surface area contributed by atoms with Crippen LogP contribution in [0.2, 0.25) is 0 Å². The molecular weight excluding hydrogens is 1880 g/mol. The lowest BCUT2D eigenvalue weighted by Gasteiger charge is -2.12. The van der Waals surface area contributed by atoms with Crippen LogP contribution in [0.4, 0.5) is 0 Å². The Kier molecular flexibility index (Phi) is 25.1. The maximum atomic E-state index is 5.13. The molecule has 12 nitrogen and oxygen atoms in total. The smallest absolute Gasteiger partial charge is 0.161 e. The highest BCUT2D eigenvalue weighted by Gasteiger charge is 2.22. The lowest BCUT2D eigenvalue weighted by molar-refractivity contribution is 1.18. The van der Waals surface area contributed by atoms with Crippen molar-refractivity contribution in [1.82, 2.24) is 59.8 Å². The van der Waals surface area contributed by atoms with Crippen LogP contribution in [0.3, 0.4) is 0 Å². The molecule has 0 unspecified atom stereocenters. The fourth-order valence-electron chi connectivity index (χ4n) is 19.0. The normalized spacial score (nSPS) is 11.2. The Bertz CT molecular complexity index is 9440. The van der Waals surface area contributed by atoms with Crippen LogP contribution in [-0.4, -0.2) is 59.8 Å². The second kappa shape index (κ2) is 41.0. The van der Waals surface area contributed by atoms with Gasteiger partial charge in [-0.05, 0) is 179 Å². The van der Waals surface area contributed by atoms with Crippen molar-refractivity contribution < 1.29 is 0 Å². The Labute approximate surface area is 869 Å². The number of thiophene rings is 4. The van der Waals surface area contributed by atoms with E-state index in [9.17, 15) is 0 Å². The first-order valence-corrected chi connectivity index (χ1v) is 52.0. The molecule has 0 fully saturated rings. The summed E-state index contributed by atoms with van der Waals surface area (Å²) in [6.07, 6.45) is 14.6. The van der Waals surface area contributed by atoms with Crippen LogP contribution < -0.4 is 0 Å². The van der Waals surface area contributed by atoms with E-state index in [-0.39, 0.29) is 0 Å². The molecule has 16 aromatic carbocycles. The van der Waals surface area contributed by atoms with Crippen molar-refractivity contribution in [2.45, 2.75) is 0 Å². The second-order valence-corrected chi connectivity index (χ2v) is 40.1. The minimum absolute atomic E-state index is 0.700. The van der Waals surface area contributed by atoms with Crippen molar-refractivity contribution in [3.63, 3.8) is 0 Å². The van der Waals surface area contributed by atoms with Crippen molar-refractivity contribution in [1.29, 1.82) is 0 Å².